The second-order valence-electron chi connectivity index (χ2n) is 6.20. The number of benzene rings is 1. The Morgan fingerprint density at radius 3 is 2.84 bits per heavy atom. The first-order chi connectivity index (χ1) is 12.2. The number of rotatable bonds is 6. The summed E-state index contributed by atoms with van der Waals surface area (Å²) in [7, 11) is 1.62. The predicted molar refractivity (Wildman–Crippen MR) is 102 cm³/mol. The molecule has 0 aromatic heterocycles. The molecular weight excluding hydrogens is 336 g/mol. The third-order valence-corrected chi connectivity index (χ3v) is 5.15. The molecule has 1 heterocycles. The first kappa shape index (κ1) is 17.9. The predicted octanol–water partition coefficient (Wildman–Crippen LogP) is 3.99. The molecule has 1 aromatic carbocycles. The molecule has 5 nitrogen and oxygen atoms in total. The van der Waals surface area contributed by atoms with E-state index in [1.54, 1.807) is 7.11 Å². The Hall–Kier alpha value is -1.95. The van der Waals surface area contributed by atoms with Crippen LogP contribution in [0.5, 0.6) is 11.5 Å². The van der Waals surface area contributed by atoms with Crippen LogP contribution < -0.4 is 14.8 Å². The van der Waals surface area contributed by atoms with Gasteiger partial charge in [0.1, 0.15) is 0 Å². The van der Waals surface area contributed by atoms with Crippen LogP contribution in [-0.4, -0.2) is 30.8 Å². The molecule has 25 heavy (non-hydrogen) atoms. The zero-order valence-corrected chi connectivity index (χ0v) is 15.5. The van der Waals surface area contributed by atoms with Crippen LogP contribution >= 0.6 is 11.8 Å². The van der Waals surface area contributed by atoms with Gasteiger partial charge in [0.05, 0.1) is 24.7 Å². The Labute approximate surface area is 152 Å². The van der Waals surface area contributed by atoms with Crippen molar-refractivity contribution in [3.63, 3.8) is 0 Å². The number of aliphatic imine (C=N–C) groups is 1. The van der Waals surface area contributed by atoms with Crippen LogP contribution in [-0.2, 0) is 4.79 Å². The standard InChI is InChI=1S/C19H24N2O3S/c1-3-10-24-16-11-13(8-9-15(16)23-2)12-17-18(22)21-19(25-17)20-14-6-4-5-7-14/h8-9,11-12,14H,3-7,10H2,1-2H3,(H,20,21,22). The number of nitrogens with zero attached hydrogens (tertiary/aromatic N) is 1. The highest BCUT2D eigenvalue weighted by molar-refractivity contribution is 8.18. The number of amides is 1. The lowest BCUT2D eigenvalue weighted by molar-refractivity contribution is -0.115. The van der Waals surface area contributed by atoms with Gasteiger partial charge < -0.3 is 14.8 Å². The molecule has 0 radical (unpaired) electrons. The summed E-state index contributed by atoms with van der Waals surface area (Å²) in [4.78, 5) is 17.5. The van der Waals surface area contributed by atoms with Gasteiger partial charge in [0.15, 0.2) is 16.7 Å². The Morgan fingerprint density at radius 1 is 1.32 bits per heavy atom. The first-order valence-corrected chi connectivity index (χ1v) is 9.60. The van der Waals surface area contributed by atoms with Crippen molar-refractivity contribution < 1.29 is 14.3 Å². The van der Waals surface area contributed by atoms with Crippen molar-refractivity contribution >= 4 is 28.9 Å². The highest BCUT2D eigenvalue weighted by atomic mass is 32.2. The fourth-order valence-corrected chi connectivity index (χ4v) is 3.84. The molecule has 2 fully saturated rings. The highest BCUT2D eigenvalue weighted by Crippen LogP contribution is 2.32. The van der Waals surface area contributed by atoms with Gasteiger partial charge in [0.25, 0.3) is 5.91 Å². The summed E-state index contributed by atoms with van der Waals surface area (Å²) >= 11 is 1.41. The van der Waals surface area contributed by atoms with E-state index in [4.69, 9.17) is 9.47 Å². The summed E-state index contributed by atoms with van der Waals surface area (Å²) in [5, 5.41) is 3.59. The molecule has 134 valence electrons. The number of hydrogen-bond donors (Lipinski definition) is 1. The minimum absolute atomic E-state index is 0.0893. The maximum Gasteiger partial charge on any atom is 0.264 e. The van der Waals surface area contributed by atoms with E-state index in [2.05, 4.69) is 17.2 Å². The first-order valence-electron chi connectivity index (χ1n) is 8.79. The molecule has 1 amide bonds. The van der Waals surface area contributed by atoms with Gasteiger partial charge in [-0.1, -0.05) is 25.8 Å². The van der Waals surface area contributed by atoms with Crippen LogP contribution in [0, 0.1) is 0 Å². The summed E-state index contributed by atoms with van der Waals surface area (Å²) < 4.78 is 11.1. The number of carbonyl (C=O) groups is 1. The zero-order valence-electron chi connectivity index (χ0n) is 14.7. The molecule has 0 unspecified atom stereocenters. The summed E-state index contributed by atoms with van der Waals surface area (Å²) in [5.74, 6) is 1.30. The summed E-state index contributed by atoms with van der Waals surface area (Å²) in [5.41, 5.74) is 0.909. The normalized spacial score (nSPS) is 21.1. The smallest absolute Gasteiger partial charge is 0.264 e. The number of methoxy groups -OCH3 is 1. The quantitative estimate of drug-likeness (QED) is 0.780. The minimum Gasteiger partial charge on any atom is -0.493 e. The maximum atomic E-state index is 12.2. The number of carbonyl (C=O) groups excluding carboxylic acids is 1. The topological polar surface area (TPSA) is 59.9 Å². The fourth-order valence-electron chi connectivity index (χ4n) is 2.95. The van der Waals surface area contributed by atoms with E-state index in [-0.39, 0.29) is 5.91 Å². The van der Waals surface area contributed by atoms with Crippen LogP contribution in [0.3, 0.4) is 0 Å². The van der Waals surface area contributed by atoms with E-state index in [1.807, 2.05) is 24.3 Å². The van der Waals surface area contributed by atoms with Crippen LogP contribution in [0.15, 0.2) is 28.1 Å². The van der Waals surface area contributed by atoms with E-state index in [9.17, 15) is 4.79 Å². The van der Waals surface area contributed by atoms with Crippen molar-refractivity contribution in [2.45, 2.75) is 45.1 Å². The monoisotopic (exact) mass is 360 g/mol. The Kier molecular flexibility index (Phi) is 6.02. The third kappa shape index (κ3) is 4.57. The number of amidine groups is 1. The maximum absolute atomic E-state index is 12.2. The molecule has 0 spiro atoms. The van der Waals surface area contributed by atoms with Crippen molar-refractivity contribution in [1.29, 1.82) is 0 Å². The van der Waals surface area contributed by atoms with Crippen molar-refractivity contribution in [2.75, 3.05) is 13.7 Å². The zero-order chi connectivity index (χ0) is 17.6. The van der Waals surface area contributed by atoms with Crippen LogP contribution in [0.2, 0.25) is 0 Å². The lowest BCUT2D eigenvalue weighted by Gasteiger charge is -2.10. The molecule has 1 aromatic rings. The Bertz CT molecular complexity index is 694. The van der Waals surface area contributed by atoms with Crippen molar-refractivity contribution in [1.82, 2.24) is 5.32 Å². The molecule has 1 aliphatic heterocycles. The molecule has 1 saturated carbocycles. The molecule has 2 aliphatic rings. The van der Waals surface area contributed by atoms with Crippen molar-refractivity contribution in [2.24, 2.45) is 4.99 Å². The molecule has 3 rings (SSSR count). The highest BCUT2D eigenvalue weighted by Gasteiger charge is 2.25. The Morgan fingerprint density at radius 2 is 2.12 bits per heavy atom. The summed E-state index contributed by atoms with van der Waals surface area (Å²) in [6.45, 7) is 2.69. The molecule has 1 aliphatic carbocycles. The second-order valence-corrected chi connectivity index (χ2v) is 7.23. The van der Waals surface area contributed by atoms with Gasteiger partial charge in [-0.15, -0.1) is 0 Å². The van der Waals surface area contributed by atoms with Crippen LogP contribution in [0.25, 0.3) is 6.08 Å². The largest absolute Gasteiger partial charge is 0.493 e. The molecular formula is C19H24N2O3S. The lowest BCUT2D eigenvalue weighted by Crippen LogP contribution is -2.21. The Balaban J connectivity index is 1.76. The number of nitrogens with one attached hydrogen (secondary N) is 1. The van der Waals surface area contributed by atoms with E-state index >= 15 is 0 Å². The SMILES string of the molecule is CCCOc1cc(C=C2SC(=NC3CCCC3)NC2=O)ccc1OC. The van der Waals surface area contributed by atoms with E-state index in [0.29, 0.717) is 29.1 Å². The summed E-state index contributed by atoms with van der Waals surface area (Å²) in [6.07, 6.45) is 7.50. The van der Waals surface area contributed by atoms with Crippen LogP contribution in [0.4, 0.5) is 0 Å². The lowest BCUT2D eigenvalue weighted by atomic mass is 10.2. The van der Waals surface area contributed by atoms with Crippen LogP contribution in [0.1, 0.15) is 44.6 Å². The van der Waals surface area contributed by atoms with Gasteiger partial charge >= 0.3 is 0 Å². The fraction of sp³-hybridized carbons (Fsp3) is 0.474. The summed E-state index contributed by atoms with van der Waals surface area (Å²) in [6, 6.07) is 6.05. The third-order valence-electron chi connectivity index (χ3n) is 4.22. The van der Waals surface area contributed by atoms with Gasteiger partial charge in [-0.05, 0) is 54.8 Å². The molecule has 0 atom stereocenters. The second kappa shape index (κ2) is 8.43. The van der Waals surface area contributed by atoms with Gasteiger partial charge in [0, 0.05) is 0 Å². The van der Waals surface area contributed by atoms with E-state index in [0.717, 1.165) is 30.0 Å². The molecule has 6 heteroatoms. The van der Waals surface area contributed by atoms with E-state index < -0.39 is 0 Å². The molecule has 1 saturated heterocycles. The van der Waals surface area contributed by atoms with E-state index in [1.165, 1.54) is 24.6 Å². The minimum atomic E-state index is -0.0893. The number of thioether (sulfide) groups is 1. The van der Waals surface area contributed by atoms with Crippen molar-refractivity contribution in [3.8, 4) is 11.5 Å². The number of hydrogen-bond acceptors (Lipinski definition) is 5. The van der Waals surface area contributed by atoms with Gasteiger partial charge in [-0.2, -0.15) is 0 Å². The average molecular weight is 360 g/mol. The molecule has 0 bridgehead atoms. The van der Waals surface area contributed by atoms with Gasteiger partial charge in [-0.3, -0.25) is 9.79 Å². The van der Waals surface area contributed by atoms with Crippen molar-refractivity contribution in [3.05, 3.63) is 28.7 Å². The average Bonchev–Trinajstić information content (AvgIpc) is 3.23. The van der Waals surface area contributed by atoms with Gasteiger partial charge in [-0.25, -0.2) is 0 Å². The number of ether oxygens (including phenoxy) is 2. The van der Waals surface area contributed by atoms with Gasteiger partial charge in [0.2, 0.25) is 0 Å². The molecule has 1 N–H and O–H groups in total.